The molecule has 1 aliphatic carbocycles. The van der Waals surface area contributed by atoms with Crippen LogP contribution in [0.4, 0.5) is 13.2 Å². The Balaban J connectivity index is 0.00000176. The van der Waals surface area contributed by atoms with E-state index in [0.717, 1.165) is 24.6 Å². The normalized spacial score (nSPS) is 22.5. The Morgan fingerprint density at radius 3 is 2.51 bits per heavy atom. The van der Waals surface area contributed by atoms with Crippen molar-refractivity contribution in [2.24, 2.45) is 5.73 Å². The second-order valence-corrected chi connectivity index (χ2v) is 9.91. The molecule has 0 bridgehead atoms. The standard InChI is InChI=1S/C26H27F3N6O2.2ClH/c27-26(28,29)24(34-11-10-17(30)14-34)16-6-9-23-32-33-25(35(23)13-16)19-8-5-15-4-7-18(12-20(15)31-19)37-22-3-1-2-21(22)36;;/h4-9,12-13,17,21-22,24,36H,1-3,10-11,14,30H2;2*1H/t17-,21-,22-,24+;;/m0../s1. The molecule has 13 heteroatoms. The summed E-state index contributed by atoms with van der Waals surface area (Å²) in [5, 5.41) is 19.3. The summed E-state index contributed by atoms with van der Waals surface area (Å²) < 4.78 is 50.0. The zero-order chi connectivity index (χ0) is 25.7. The van der Waals surface area contributed by atoms with Crippen molar-refractivity contribution < 1.29 is 23.0 Å². The summed E-state index contributed by atoms with van der Waals surface area (Å²) in [7, 11) is 0. The molecule has 0 radical (unpaired) electrons. The number of aliphatic hydroxyl groups is 1. The van der Waals surface area contributed by atoms with Crippen molar-refractivity contribution in [1.82, 2.24) is 24.5 Å². The van der Waals surface area contributed by atoms with Crippen LogP contribution in [0.15, 0.2) is 48.7 Å². The van der Waals surface area contributed by atoms with E-state index in [1.165, 1.54) is 17.2 Å². The fourth-order valence-corrected chi connectivity index (χ4v) is 5.41. The smallest absolute Gasteiger partial charge is 0.408 e. The molecule has 8 nitrogen and oxygen atoms in total. The predicted octanol–water partition coefficient (Wildman–Crippen LogP) is 4.72. The van der Waals surface area contributed by atoms with E-state index in [-0.39, 0.29) is 55.6 Å². The Kier molecular flexibility index (Phi) is 8.58. The number of ether oxygens (including phenoxy) is 1. The Hall–Kier alpha value is -2.70. The first kappa shape index (κ1) is 29.3. The maximum Gasteiger partial charge on any atom is 0.408 e. The molecular weight excluding hydrogens is 556 g/mol. The van der Waals surface area contributed by atoms with Gasteiger partial charge >= 0.3 is 6.18 Å². The molecule has 4 aromatic rings. The highest BCUT2D eigenvalue weighted by molar-refractivity contribution is 5.85. The van der Waals surface area contributed by atoms with E-state index in [1.807, 2.05) is 18.2 Å². The Morgan fingerprint density at radius 1 is 1.03 bits per heavy atom. The molecule has 6 rings (SSSR count). The molecule has 1 aliphatic heterocycles. The number of rotatable bonds is 5. The van der Waals surface area contributed by atoms with E-state index in [4.69, 9.17) is 15.5 Å². The fourth-order valence-electron chi connectivity index (χ4n) is 5.41. The second kappa shape index (κ2) is 11.4. The second-order valence-electron chi connectivity index (χ2n) is 9.91. The van der Waals surface area contributed by atoms with E-state index in [9.17, 15) is 18.3 Å². The highest BCUT2D eigenvalue weighted by atomic mass is 35.5. The summed E-state index contributed by atoms with van der Waals surface area (Å²) in [6.45, 7) is 0.471. The first-order valence-electron chi connectivity index (χ1n) is 12.4. The van der Waals surface area contributed by atoms with Crippen LogP contribution < -0.4 is 10.5 Å². The van der Waals surface area contributed by atoms with Crippen molar-refractivity contribution >= 4 is 41.4 Å². The SMILES string of the molecule is Cl.Cl.N[C@H]1CCN([C@H](c2ccc3nnc(-c4ccc5ccc(O[C@H]6CCC[C@@H]6O)cc5n4)n3c2)C(F)(F)F)C1. The van der Waals surface area contributed by atoms with Crippen molar-refractivity contribution in [3.8, 4) is 17.3 Å². The van der Waals surface area contributed by atoms with Gasteiger partial charge in [0, 0.05) is 36.8 Å². The minimum absolute atomic E-state index is 0. The zero-order valence-corrected chi connectivity index (χ0v) is 22.4. The quantitative estimate of drug-likeness (QED) is 0.350. The molecule has 1 aromatic carbocycles. The van der Waals surface area contributed by atoms with Crippen molar-refractivity contribution in [1.29, 1.82) is 0 Å². The lowest BCUT2D eigenvalue weighted by atomic mass is 10.1. The van der Waals surface area contributed by atoms with Crippen LogP contribution in [-0.4, -0.2) is 67.1 Å². The topological polar surface area (TPSA) is 102 Å². The van der Waals surface area contributed by atoms with Crippen LogP contribution in [0.2, 0.25) is 0 Å². The number of pyridine rings is 2. The molecule has 0 amide bonds. The van der Waals surface area contributed by atoms with Crippen molar-refractivity contribution in [3.63, 3.8) is 0 Å². The van der Waals surface area contributed by atoms with Gasteiger partial charge in [0.2, 0.25) is 0 Å². The average molecular weight is 585 g/mol. The molecule has 2 fully saturated rings. The highest BCUT2D eigenvalue weighted by Crippen LogP contribution is 2.39. The molecule has 0 unspecified atom stereocenters. The van der Waals surface area contributed by atoms with Gasteiger partial charge in [-0.15, -0.1) is 35.0 Å². The van der Waals surface area contributed by atoms with Gasteiger partial charge in [-0.05, 0) is 55.5 Å². The number of likely N-dealkylation sites (tertiary alicyclic amines) is 1. The van der Waals surface area contributed by atoms with E-state index < -0.39 is 18.3 Å². The Morgan fingerprint density at radius 2 is 1.82 bits per heavy atom. The molecule has 1 saturated carbocycles. The first-order chi connectivity index (χ1) is 17.8. The van der Waals surface area contributed by atoms with Crippen LogP contribution in [0, 0.1) is 0 Å². The zero-order valence-electron chi connectivity index (χ0n) is 20.8. The lowest BCUT2D eigenvalue weighted by Crippen LogP contribution is -2.38. The summed E-state index contributed by atoms with van der Waals surface area (Å²) in [6.07, 6.45) is -0.779. The molecule has 210 valence electrons. The van der Waals surface area contributed by atoms with Crippen LogP contribution >= 0.6 is 24.8 Å². The fraction of sp³-hybridized carbons (Fsp3) is 0.423. The van der Waals surface area contributed by atoms with Crippen LogP contribution in [0.25, 0.3) is 28.1 Å². The summed E-state index contributed by atoms with van der Waals surface area (Å²) in [6, 6.07) is 10.1. The number of hydrogen-bond acceptors (Lipinski definition) is 7. The van der Waals surface area contributed by atoms with Gasteiger partial charge in [0.05, 0.1) is 11.6 Å². The third kappa shape index (κ3) is 5.78. The van der Waals surface area contributed by atoms with Crippen molar-refractivity contribution in [2.45, 2.75) is 56.2 Å². The van der Waals surface area contributed by atoms with Crippen molar-refractivity contribution in [3.05, 3.63) is 54.2 Å². The lowest BCUT2D eigenvalue weighted by Gasteiger charge is -2.30. The molecule has 2 aliphatic rings. The third-order valence-electron chi connectivity index (χ3n) is 7.27. The van der Waals surface area contributed by atoms with Gasteiger partial charge in [0.15, 0.2) is 11.5 Å². The first-order valence-corrected chi connectivity index (χ1v) is 12.4. The molecule has 0 spiro atoms. The van der Waals surface area contributed by atoms with Crippen LogP contribution in [0.3, 0.4) is 0 Å². The molecule has 3 N–H and O–H groups in total. The van der Waals surface area contributed by atoms with Gasteiger partial charge in [-0.25, -0.2) is 4.98 Å². The number of halogens is 5. The number of hydrogen-bond donors (Lipinski definition) is 2. The minimum atomic E-state index is -4.46. The van der Waals surface area contributed by atoms with Gasteiger partial charge in [-0.2, -0.15) is 13.2 Å². The molecule has 4 heterocycles. The number of fused-ring (bicyclic) bond motifs is 2. The van der Waals surface area contributed by atoms with E-state index in [2.05, 4.69) is 10.2 Å². The number of nitrogens with two attached hydrogens (primary N) is 1. The minimum Gasteiger partial charge on any atom is -0.488 e. The van der Waals surface area contributed by atoms with E-state index >= 15 is 0 Å². The molecule has 4 atom stereocenters. The number of nitrogens with zero attached hydrogens (tertiary/aromatic N) is 5. The summed E-state index contributed by atoms with van der Waals surface area (Å²) in [5.41, 5.74) is 7.55. The van der Waals surface area contributed by atoms with Crippen LogP contribution in [0.5, 0.6) is 5.75 Å². The van der Waals surface area contributed by atoms with Crippen molar-refractivity contribution in [2.75, 3.05) is 13.1 Å². The maximum absolute atomic E-state index is 14.2. The van der Waals surface area contributed by atoms with E-state index in [0.29, 0.717) is 34.9 Å². The monoisotopic (exact) mass is 584 g/mol. The van der Waals surface area contributed by atoms with Gasteiger partial charge < -0.3 is 15.6 Å². The van der Waals surface area contributed by atoms with Gasteiger partial charge in [0.25, 0.3) is 0 Å². The maximum atomic E-state index is 14.2. The molecule has 3 aromatic heterocycles. The van der Waals surface area contributed by atoms with Gasteiger partial charge in [0.1, 0.15) is 23.6 Å². The molecule has 1 saturated heterocycles. The van der Waals surface area contributed by atoms with E-state index in [1.54, 1.807) is 22.6 Å². The van der Waals surface area contributed by atoms with Crippen LogP contribution in [-0.2, 0) is 0 Å². The number of alkyl halides is 3. The predicted molar refractivity (Wildman–Crippen MR) is 145 cm³/mol. The lowest BCUT2D eigenvalue weighted by molar-refractivity contribution is -0.183. The summed E-state index contributed by atoms with van der Waals surface area (Å²) >= 11 is 0. The van der Waals surface area contributed by atoms with Gasteiger partial charge in [-0.3, -0.25) is 9.30 Å². The summed E-state index contributed by atoms with van der Waals surface area (Å²) in [4.78, 5) is 6.10. The molecular formula is C26H29Cl2F3N6O2. The Bertz CT molecular complexity index is 1450. The molecule has 39 heavy (non-hydrogen) atoms. The number of aliphatic hydroxyl groups excluding tert-OH is 1. The van der Waals surface area contributed by atoms with Crippen LogP contribution in [0.1, 0.15) is 37.3 Å². The largest absolute Gasteiger partial charge is 0.488 e. The average Bonchev–Trinajstić information content (AvgIpc) is 3.58. The number of benzene rings is 1. The number of aromatic nitrogens is 4. The Labute approximate surface area is 235 Å². The highest BCUT2D eigenvalue weighted by Gasteiger charge is 2.46. The summed E-state index contributed by atoms with van der Waals surface area (Å²) in [5.74, 6) is 0.948. The van der Waals surface area contributed by atoms with Gasteiger partial charge in [-0.1, -0.05) is 12.1 Å². The third-order valence-corrected chi connectivity index (χ3v) is 7.27.